The summed E-state index contributed by atoms with van der Waals surface area (Å²) in [7, 11) is -3.41. The molecule has 0 atom stereocenters. The Morgan fingerprint density at radius 1 is 1.38 bits per heavy atom. The lowest BCUT2D eigenvalue weighted by Gasteiger charge is -2.13. The smallest absolute Gasteiger partial charge is 0.205 e. The second kappa shape index (κ2) is 3.86. The van der Waals surface area contributed by atoms with E-state index in [2.05, 4.69) is 15.9 Å². The fourth-order valence-corrected chi connectivity index (χ4v) is 2.12. The van der Waals surface area contributed by atoms with Crippen molar-refractivity contribution in [2.45, 2.75) is 0 Å². The lowest BCUT2D eigenvalue weighted by atomic mass is 10.3. The molecule has 0 aliphatic heterocycles. The van der Waals surface area contributed by atoms with Crippen LogP contribution in [-0.4, -0.2) is 14.7 Å². The topological polar surface area (TPSA) is 37.4 Å². The number of hydrogen-bond donors (Lipinski definition) is 0. The monoisotopic (exact) mass is 283 g/mol. The van der Waals surface area contributed by atoms with Crippen LogP contribution in [0.4, 0.5) is 5.69 Å². The Hall–Kier alpha value is -0.260. The van der Waals surface area contributed by atoms with E-state index in [0.29, 0.717) is 14.0 Å². The third-order valence-electron chi connectivity index (χ3n) is 1.33. The second-order valence-electron chi connectivity index (χ2n) is 2.43. The first-order valence-corrected chi connectivity index (χ1v) is 6.31. The van der Waals surface area contributed by atoms with Crippen LogP contribution in [0.1, 0.15) is 0 Å². The van der Waals surface area contributed by atoms with Gasteiger partial charge in [0.25, 0.3) is 0 Å². The fraction of sp³-hybridized carbons (Fsp3) is 0.143. The number of benzene rings is 1. The quantitative estimate of drug-likeness (QED) is 0.782. The van der Waals surface area contributed by atoms with E-state index in [9.17, 15) is 8.42 Å². The molecule has 0 N–H and O–H groups in total. The summed E-state index contributed by atoms with van der Waals surface area (Å²) in [6.07, 6.45) is 1.04. The second-order valence-corrected chi connectivity index (χ2v) is 5.65. The summed E-state index contributed by atoms with van der Waals surface area (Å²) in [4.78, 5) is 0. The van der Waals surface area contributed by atoms with Crippen molar-refractivity contribution in [3.8, 4) is 0 Å². The Bertz CT molecular complexity index is 407. The van der Waals surface area contributed by atoms with Crippen LogP contribution in [0.3, 0.4) is 0 Å². The molecule has 0 amide bonds. The largest absolute Gasteiger partial charge is 0.246 e. The van der Waals surface area contributed by atoms with Gasteiger partial charge >= 0.3 is 0 Å². The van der Waals surface area contributed by atoms with Gasteiger partial charge in [-0.25, -0.2) is 8.42 Å². The molecule has 0 radical (unpaired) electrons. The van der Waals surface area contributed by atoms with Gasteiger partial charge in [0.15, 0.2) is 0 Å². The molecule has 0 fully saturated rings. The average Bonchev–Trinajstić information content (AvgIpc) is 2.02. The Kier molecular flexibility index (Phi) is 3.21. The van der Waals surface area contributed by atoms with Crippen molar-refractivity contribution in [1.82, 2.24) is 0 Å². The van der Waals surface area contributed by atoms with Crippen molar-refractivity contribution in [3.63, 3.8) is 0 Å². The standard InChI is InChI=1S/C7H7BrClNO2S/c1-13(11,12)10(9)7-5-3-2-4-6(7)8/h2-5H,1H3. The van der Waals surface area contributed by atoms with Crippen molar-refractivity contribution in [2.75, 3.05) is 10.1 Å². The van der Waals surface area contributed by atoms with Crippen LogP contribution in [-0.2, 0) is 10.0 Å². The first-order chi connectivity index (χ1) is 5.93. The third kappa shape index (κ3) is 2.59. The van der Waals surface area contributed by atoms with E-state index < -0.39 is 10.0 Å². The minimum atomic E-state index is -3.41. The molecule has 0 bridgehead atoms. The molecule has 0 aromatic heterocycles. The van der Waals surface area contributed by atoms with Crippen LogP contribution in [0, 0.1) is 0 Å². The molecule has 0 saturated carbocycles. The van der Waals surface area contributed by atoms with Crippen LogP contribution in [0.2, 0.25) is 0 Å². The van der Waals surface area contributed by atoms with Crippen LogP contribution in [0.25, 0.3) is 0 Å². The molecule has 0 spiro atoms. The van der Waals surface area contributed by atoms with Crippen molar-refractivity contribution in [1.29, 1.82) is 0 Å². The summed E-state index contributed by atoms with van der Waals surface area (Å²) in [5.41, 5.74) is 0.409. The summed E-state index contributed by atoms with van der Waals surface area (Å²) in [5.74, 6) is 0. The summed E-state index contributed by atoms with van der Waals surface area (Å²) in [6, 6.07) is 6.81. The minimum Gasteiger partial charge on any atom is -0.205 e. The average molecular weight is 285 g/mol. The van der Waals surface area contributed by atoms with Gasteiger partial charge in [-0.15, -0.1) is 0 Å². The maximum absolute atomic E-state index is 11.1. The Labute approximate surface area is 90.6 Å². The SMILES string of the molecule is CS(=O)(=O)N(Cl)c1ccccc1Br. The molecule has 13 heavy (non-hydrogen) atoms. The number of anilines is 1. The van der Waals surface area contributed by atoms with Gasteiger partial charge in [0.2, 0.25) is 10.0 Å². The van der Waals surface area contributed by atoms with E-state index in [-0.39, 0.29) is 0 Å². The van der Waals surface area contributed by atoms with Gasteiger partial charge in [-0.3, -0.25) is 0 Å². The number of halogens is 2. The molecule has 1 aromatic carbocycles. The van der Waals surface area contributed by atoms with Crippen LogP contribution in [0.5, 0.6) is 0 Å². The molecular weight excluding hydrogens is 278 g/mol. The number of hydrogen-bond acceptors (Lipinski definition) is 2. The molecular formula is C7H7BrClNO2S. The maximum Gasteiger partial charge on any atom is 0.246 e. The van der Waals surface area contributed by atoms with E-state index >= 15 is 0 Å². The molecule has 3 nitrogen and oxygen atoms in total. The normalized spacial score (nSPS) is 11.3. The van der Waals surface area contributed by atoms with Crippen LogP contribution >= 0.6 is 27.7 Å². The van der Waals surface area contributed by atoms with Crippen LogP contribution < -0.4 is 3.82 Å². The predicted octanol–water partition coefficient (Wildman–Crippen LogP) is 2.37. The Morgan fingerprint density at radius 2 is 1.92 bits per heavy atom. The van der Waals surface area contributed by atoms with Crippen LogP contribution in [0.15, 0.2) is 28.7 Å². The number of rotatable bonds is 2. The Morgan fingerprint density at radius 3 is 2.38 bits per heavy atom. The van der Waals surface area contributed by atoms with E-state index in [1.54, 1.807) is 24.3 Å². The number of sulfonamides is 1. The summed E-state index contributed by atoms with van der Waals surface area (Å²) < 4.78 is 23.5. The van der Waals surface area contributed by atoms with Crippen molar-refractivity contribution in [3.05, 3.63) is 28.7 Å². The maximum atomic E-state index is 11.1. The molecule has 6 heteroatoms. The van der Waals surface area contributed by atoms with E-state index in [1.807, 2.05) is 0 Å². The number of para-hydroxylation sites is 1. The molecule has 0 saturated heterocycles. The molecule has 72 valence electrons. The molecule has 0 heterocycles. The highest BCUT2D eigenvalue weighted by molar-refractivity contribution is 9.10. The highest BCUT2D eigenvalue weighted by Gasteiger charge is 2.16. The van der Waals surface area contributed by atoms with Crippen molar-refractivity contribution < 1.29 is 8.42 Å². The van der Waals surface area contributed by atoms with Gasteiger partial charge in [0, 0.05) is 16.2 Å². The van der Waals surface area contributed by atoms with Gasteiger partial charge in [-0.05, 0) is 28.1 Å². The van der Waals surface area contributed by atoms with Gasteiger partial charge in [0.05, 0.1) is 11.9 Å². The fourth-order valence-electron chi connectivity index (χ4n) is 0.773. The summed E-state index contributed by atoms with van der Waals surface area (Å²) in [5, 5.41) is 0. The van der Waals surface area contributed by atoms with Crippen molar-refractivity contribution in [2.24, 2.45) is 0 Å². The van der Waals surface area contributed by atoms with Crippen molar-refractivity contribution >= 4 is 43.4 Å². The third-order valence-corrected chi connectivity index (χ3v) is 3.72. The highest BCUT2D eigenvalue weighted by atomic mass is 79.9. The molecule has 0 unspecified atom stereocenters. The summed E-state index contributed by atoms with van der Waals surface area (Å²) in [6.45, 7) is 0. The molecule has 0 aliphatic carbocycles. The van der Waals surface area contributed by atoms with Gasteiger partial charge in [-0.1, -0.05) is 12.1 Å². The lowest BCUT2D eigenvalue weighted by Crippen LogP contribution is -2.19. The zero-order valence-corrected chi connectivity index (χ0v) is 9.90. The van der Waals surface area contributed by atoms with Gasteiger partial charge < -0.3 is 0 Å². The first kappa shape index (κ1) is 10.8. The number of nitrogens with zero attached hydrogens (tertiary/aromatic N) is 1. The lowest BCUT2D eigenvalue weighted by molar-refractivity contribution is 0.603. The van der Waals surface area contributed by atoms with E-state index in [4.69, 9.17) is 11.8 Å². The zero-order valence-electron chi connectivity index (χ0n) is 6.74. The highest BCUT2D eigenvalue weighted by Crippen LogP contribution is 2.28. The molecule has 1 rings (SSSR count). The predicted molar refractivity (Wildman–Crippen MR) is 57.3 cm³/mol. The molecule has 1 aromatic rings. The van der Waals surface area contributed by atoms with Gasteiger partial charge in [-0.2, -0.15) is 3.82 Å². The summed E-state index contributed by atoms with van der Waals surface area (Å²) >= 11 is 8.80. The minimum absolute atomic E-state index is 0.409. The first-order valence-electron chi connectivity index (χ1n) is 3.33. The molecule has 0 aliphatic rings. The Balaban J connectivity index is 3.17. The van der Waals surface area contributed by atoms with E-state index in [1.165, 1.54) is 0 Å². The van der Waals surface area contributed by atoms with E-state index in [0.717, 1.165) is 6.26 Å². The zero-order chi connectivity index (χ0) is 10.1. The van der Waals surface area contributed by atoms with Gasteiger partial charge in [0.1, 0.15) is 0 Å².